The van der Waals surface area contributed by atoms with Gasteiger partial charge in [0.2, 0.25) is 0 Å². The lowest BCUT2D eigenvalue weighted by Crippen LogP contribution is -2.23. The number of nitro groups is 1. The van der Waals surface area contributed by atoms with Crippen molar-refractivity contribution in [3.8, 4) is 10.6 Å². The molecule has 0 aliphatic carbocycles. The fourth-order valence-corrected chi connectivity index (χ4v) is 4.54. The zero-order valence-corrected chi connectivity index (χ0v) is 19.5. The van der Waals surface area contributed by atoms with Crippen molar-refractivity contribution in [1.82, 2.24) is 14.8 Å². The van der Waals surface area contributed by atoms with Crippen LogP contribution in [0.2, 0.25) is 0 Å². The Labute approximate surface area is 198 Å². The lowest BCUT2D eigenvalue weighted by atomic mass is 10.2. The number of nitrogens with one attached hydrogen (secondary N) is 1. The van der Waals surface area contributed by atoms with Crippen molar-refractivity contribution in [2.45, 2.75) is 27.3 Å². The fraction of sp³-hybridized carbons (Fsp3) is 0.217. The van der Waals surface area contributed by atoms with E-state index in [0.29, 0.717) is 5.69 Å². The molecule has 0 atom stereocenters. The molecule has 0 fully saturated rings. The molecule has 0 aliphatic heterocycles. The van der Waals surface area contributed by atoms with Gasteiger partial charge in [-0.2, -0.15) is 5.10 Å². The van der Waals surface area contributed by atoms with Gasteiger partial charge in [-0.3, -0.25) is 24.4 Å². The van der Waals surface area contributed by atoms with Gasteiger partial charge in [-0.05, 0) is 62.7 Å². The van der Waals surface area contributed by atoms with E-state index in [2.05, 4.69) is 21.5 Å². The number of anilines is 1. The number of amides is 1. The third-order valence-electron chi connectivity index (χ3n) is 5.13. The highest BCUT2D eigenvalue weighted by molar-refractivity contribution is 7.21. The molecule has 0 saturated heterocycles. The van der Waals surface area contributed by atoms with Crippen molar-refractivity contribution >= 4 is 44.8 Å². The number of hydrogen-bond acceptors (Lipinski definition) is 8. The van der Waals surface area contributed by atoms with E-state index in [1.165, 1.54) is 24.1 Å². The Morgan fingerprint density at radius 1 is 1.15 bits per heavy atom. The van der Waals surface area contributed by atoms with Crippen LogP contribution in [0.3, 0.4) is 0 Å². The number of rotatable bonds is 7. The number of aryl methyl sites for hydroxylation is 2. The molecule has 2 aromatic heterocycles. The molecule has 174 valence electrons. The maximum absolute atomic E-state index is 12.2. The van der Waals surface area contributed by atoms with E-state index in [0.717, 1.165) is 20.8 Å². The standard InChI is InChI=1S/C23H21N5O5S/c1-13-4-9-18-19(10-13)34-23(25-18)16-5-7-17(8-6-16)24-20(29)12-33-21(30)11-27-15(3)22(28(31)32)14(2)26-27/h4-10H,11-12H2,1-3H3,(H,24,29). The largest absolute Gasteiger partial charge is 0.454 e. The van der Waals surface area contributed by atoms with E-state index >= 15 is 0 Å². The van der Waals surface area contributed by atoms with Crippen LogP contribution >= 0.6 is 11.3 Å². The van der Waals surface area contributed by atoms with Gasteiger partial charge in [-0.1, -0.05) is 6.07 Å². The number of benzene rings is 2. The first-order valence-corrected chi connectivity index (χ1v) is 11.1. The first-order valence-electron chi connectivity index (χ1n) is 10.3. The number of carbonyl (C=O) groups is 2. The summed E-state index contributed by atoms with van der Waals surface area (Å²) in [6, 6.07) is 13.4. The summed E-state index contributed by atoms with van der Waals surface area (Å²) in [5.74, 6) is -1.23. The van der Waals surface area contributed by atoms with Gasteiger partial charge in [0.1, 0.15) is 22.9 Å². The SMILES string of the molecule is Cc1ccc2nc(-c3ccc(NC(=O)COC(=O)Cn4nc(C)c([N+](=O)[O-])c4C)cc3)sc2c1. The van der Waals surface area contributed by atoms with E-state index < -0.39 is 23.4 Å². The Morgan fingerprint density at radius 2 is 1.88 bits per heavy atom. The smallest absolute Gasteiger partial charge is 0.328 e. The molecule has 4 rings (SSSR count). The number of aromatic nitrogens is 3. The van der Waals surface area contributed by atoms with Crippen molar-refractivity contribution in [2.75, 3.05) is 11.9 Å². The van der Waals surface area contributed by atoms with Crippen LogP contribution in [0.25, 0.3) is 20.8 Å². The highest BCUT2D eigenvalue weighted by Gasteiger charge is 2.23. The predicted molar refractivity (Wildman–Crippen MR) is 128 cm³/mol. The second kappa shape index (κ2) is 9.40. The molecule has 0 bridgehead atoms. The van der Waals surface area contributed by atoms with Crippen LogP contribution in [0.1, 0.15) is 17.0 Å². The van der Waals surface area contributed by atoms with Gasteiger partial charge < -0.3 is 10.1 Å². The Kier molecular flexibility index (Phi) is 6.37. The second-order valence-electron chi connectivity index (χ2n) is 7.71. The molecule has 1 amide bonds. The zero-order chi connectivity index (χ0) is 24.4. The summed E-state index contributed by atoms with van der Waals surface area (Å²) in [6.45, 7) is 4.21. The summed E-state index contributed by atoms with van der Waals surface area (Å²) in [6.07, 6.45) is 0. The van der Waals surface area contributed by atoms with Crippen molar-refractivity contribution in [3.05, 3.63) is 69.5 Å². The Balaban J connectivity index is 1.32. The molecule has 0 saturated carbocycles. The molecule has 4 aromatic rings. The number of thiazole rings is 1. The maximum atomic E-state index is 12.2. The average molecular weight is 480 g/mol. The quantitative estimate of drug-likeness (QED) is 0.239. The van der Waals surface area contributed by atoms with E-state index in [9.17, 15) is 19.7 Å². The molecule has 2 heterocycles. The Hall–Kier alpha value is -4.12. The third kappa shape index (κ3) is 4.94. The maximum Gasteiger partial charge on any atom is 0.328 e. The van der Waals surface area contributed by atoms with E-state index in [-0.39, 0.29) is 23.6 Å². The van der Waals surface area contributed by atoms with E-state index in [1.54, 1.807) is 23.5 Å². The lowest BCUT2D eigenvalue weighted by Gasteiger charge is -2.08. The molecule has 0 spiro atoms. The highest BCUT2D eigenvalue weighted by Crippen LogP contribution is 2.31. The molecule has 34 heavy (non-hydrogen) atoms. The molecule has 10 nitrogen and oxygen atoms in total. The third-order valence-corrected chi connectivity index (χ3v) is 6.20. The summed E-state index contributed by atoms with van der Waals surface area (Å²) in [4.78, 5) is 39.4. The first kappa shape index (κ1) is 23.1. The van der Waals surface area contributed by atoms with Crippen LogP contribution in [-0.2, 0) is 20.9 Å². The fourth-order valence-electron chi connectivity index (χ4n) is 3.47. The van der Waals surface area contributed by atoms with Crippen molar-refractivity contribution in [3.63, 3.8) is 0 Å². The van der Waals surface area contributed by atoms with Crippen molar-refractivity contribution in [1.29, 1.82) is 0 Å². The zero-order valence-electron chi connectivity index (χ0n) is 18.7. The van der Waals surface area contributed by atoms with Gasteiger partial charge in [-0.25, -0.2) is 4.98 Å². The van der Waals surface area contributed by atoms with Gasteiger partial charge in [0.15, 0.2) is 6.61 Å². The van der Waals surface area contributed by atoms with Crippen LogP contribution in [0.4, 0.5) is 11.4 Å². The predicted octanol–water partition coefficient (Wildman–Crippen LogP) is 4.18. The Bertz CT molecular complexity index is 1410. The summed E-state index contributed by atoms with van der Waals surface area (Å²) in [5, 5.41) is 18.6. The van der Waals surface area contributed by atoms with Gasteiger partial charge >= 0.3 is 11.7 Å². The van der Waals surface area contributed by atoms with Crippen molar-refractivity contribution in [2.24, 2.45) is 0 Å². The number of nitrogens with zero attached hydrogens (tertiary/aromatic N) is 4. The van der Waals surface area contributed by atoms with Gasteiger partial charge in [0.05, 0.1) is 15.1 Å². The summed E-state index contributed by atoms with van der Waals surface area (Å²) in [5.41, 5.74) is 3.91. The molecule has 2 aromatic carbocycles. The van der Waals surface area contributed by atoms with Gasteiger partial charge in [0, 0.05) is 11.3 Å². The molecule has 11 heteroatoms. The van der Waals surface area contributed by atoms with Crippen LogP contribution in [0, 0.1) is 30.9 Å². The molecular weight excluding hydrogens is 458 g/mol. The average Bonchev–Trinajstić information content (AvgIpc) is 3.32. The second-order valence-corrected chi connectivity index (χ2v) is 8.74. The molecule has 1 N–H and O–H groups in total. The number of fused-ring (bicyclic) bond motifs is 1. The van der Waals surface area contributed by atoms with E-state index in [4.69, 9.17) is 4.74 Å². The molecule has 0 radical (unpaired) electrons. The first-order chi connectivity index (χ1) is 16.2. The summed E-state index contributed by atoms with van der Waals surface area (Å²) in [7, 11) is 0. The van der Waals surface area contributed by atoms with Crippen LogP contribution < -0.4 is 5.32 Å². The van der Waals surface area contributed by atoms with Crippen LogP contribution in [0.5, 0.6) is 0 Å². The number of carbonyl (C=O) groups excluding carboxylic acids is 2. The number of ether oxygens (including phenoxy) is 1. The van der Waals surface area contributed by atoms with Crippen molar-refractivity contribution < 1.29 is 19.2 Å². The monoisotopic (exact) mass is 479 g/mol. The van der Waals surface area contributed by atoms with Crippen LogP contribution in [-0.4, -0.2) is 38.2 Å². The molecular formula is C23H21N5O5S. The van der Waals surface area contributed by atoms with Crippen LogP contribution in [0.15, 0.2) is 42.5 Å². The van der Waals surface area contributed by atoms with E-state index in [1.807, 2.05) is 31.2 Å². The molecule has 0 aliphatic rings. The van der Waals surface area contributed by atoms with Gasteiger partial charge in [-0.15, -0.1) is 11.3 Å². The summed E-state index contributed by atoms with van der Waals surface area (Å²) >= 11 is 1.60. The minimum Gasteiger partial charge on any atom is -0.454 e. The topological polar surface area (TPSA) is 129 Å². The normalized spacial score (nSPS) is 10.9. The Morgan fingerprint density at radius 3 is 2.56 bits per heavy atom. The van der Waals surface area contributed by atoms with Gasteiger partial charge in [0.25, 0.3) is 5.91 Å². The minimum absolute atomic E-state index is 0.144. The minimum atomic E-state index is -0.725. The summed E-state index contributed by atoms with van der Waals surface area (Å²) < 4.78 is 7.30. The number of hydrogen-bond donors (Lipinski definition) is 1. The lowest BCUT2D eigenvalue weighted by molar-refractivity contribution is -0.386. The molecule has 0 unspecified atom stereocenters. The highest BCUT2D eigenvalue weighted by atomic mass is 32.1. The number of esters is 1.